The summed E-state index contributed by atoms with van der Waals surface area (Å²) in [6, 6.07) is 0. The molecule has 0 aliphatic heterocycles. The first kappa shape index (κ1) is 19.2. The van der Waals surface area contributed by atoms with Crippen LogP contribution < -0.4 is 10.6 Å². The topological polar surface area (TPSA) is 58.2 Å². The summed E-state index contributed by atoms with van der Waals surface area (Å²) in [5.74, 6) is -0.201. The molecule has 0 saturated heterocycles. The van der Waals surface area contributed by atoms with Crippen LogP contribution in [0, 0.1) is 0 Å². The monoisotopic (exact) mass is 342 g/mol. The van der Waals surface area contributed by atoms with E-state index in [-0.39, 0.29) is 11.8 Å². The lowest BCUT2D eigenvalue weighted by Gasteiger charge is -2.16. The second kappa shape index (κ2) is 10.0. The summed E-state index contributed by atoms with van der Waals surface area (Å²) in [5, 5.41) is 5.76. The summed E-state index contributed by atoms with van der Waals surface area (Å²) >= 11 is 0. The maximum atomic E-state index is 12.1. The van der Waals surface area contributed by atoms with Crippen molar-refractivity contribution in [2.45, 2.75) is 57.8 Å². The molecule has 2 amide bonds. The third-order valence-electron chi connectivity index (χ3n) is 4.83. The molecule has 0 spiro atoms. The zero-order valence-corrected chi connectivity index (χ0v) is 15.2. The molecule has 2 rings (SSSR count). The molecule has 2 aliphatic rings. The van der Waals surface area contributed by atoms with Crippen molar-refractivity contribution in [2.24, 2.45) is 0 Å². The van der Waals surface area contributed by atoms with E-state index in [0.29, 0.717) is 30.7 Å². The summed E-state index contributed by atoms with van der Waals surface area (Å²) < 4.78 is 0. The molecule has 4 nitrogen and oxygen atoms in total. The SMILES string of the molecule is C=C(C(=O)NCCCNC(=O)C(=C)C1=CCCCC1)C1=CCCCC1. The quantitative estimate of drug-likeness (QED) is 0.522. The molecule has 0 aromatic carbocycles. The van der Waals surface area contributed by atoms with Crippen LogP contribution in [0.5, 0.6) is 0 Å². The molecule has 0 unspecified atom stereocenters. The Morgan fingerprint density at radius 3 is 1.60 bits per heavy atom. The molecule has 4 heteroatoms. The lowest BCUT2D eigenvalue weighted by Crippen LogP contribution is -2.31. The number of carbonyl (C=O) groups is 2. The van der Waals surface area contributed by atoms with E-state index in [4.69, 9.17) is 0 Å². The van der Waals surface area contributed by atoms with Crippen molar-refractivity contribution in [1.29, 1.82) is 0 Å². The molecule has 0 atom stereocenters. The van der Waals surface area contributed by atoms with Crippen LogP contribution in [0.4, 0.5) is 0 Å². The van der Waals surface area contributed by atoms with Crippen molar-refractivity contribution in [3.63, 3.8) is 0 Å². The molecule has 0 radical (unpaired) electrons. The average molecular weight is 342 g/mol. The van der Waals surface area contributed by atoms with Crippen LogP contribution in [0.1, 0.15) is 57.8 Å². The largest absolute Gasteiger partial charge is 0.352 e. The fourth-order valence-corrected chi connectivity index (χ4v) is 3.22. The first-order valence-corrected chi connectivity index (χ1v) is 9.42. The number of rotatable bonds is 8. The predicted molar refractivity (Wildman–Crippen MR) is 102 cm³/mol. The third kappa shape index (κ3) is 6.04. The first-order chi connectivity index (χ1) is 12.1. The van der Waals surface area contributed by atoms with Crippen molar-refractivity contribution in [3.8, 4) is 0 Å². The Morgan fingerprint density at radius 1 is 0.800 bits per heavy atom. The van der Waals surface area contributed by atoms with E-state index in [9.17, 15) is 9.59 Å². The van der Waals surface area contributed by atoms with Crippen LogP contribution in [-0.2, 0) is 9.59 Å². The van der Waals surface area contributed by atoms with Crippen molar-refractivity contribution in [1.82, 2.24) is 10.6 Å². The highest BCUT2D eigenvalue weighted by Gasteiger charge is 2.15. The second-order valence-corrected chi connectivity index (χ2v) is 6.77. The van der Waals surface area contributed by atoms with E-state index in [2.05, 4.69) is 35.9 Å². The summed E-state index contributed by atoms with van der Waals surface area (Å²) in [4.78, 5) is 24.2. The summed E-state index contributed by atoms with van der Waals surface area (Å²) in [6.45, 7) is 8.88. The molecule has 0 aromatic rings. The van der Waals surface area contributed by atoms with Crippen molar-refractivity contribution in [2.75, 3.05) is 13.1 Å². The van der Waals surface area contributed by atoms with Crippen LogP contribution in [0.2, 0.25) is 0 Å². The minimum Gasteiger partial charge on any atom is -0.352 e. The van der Waals surface area contributed by atoms with E-state index in [1.165, 1.54) is 12.8 Å². The second-order valence-electron chi connectivity index (χ2n) is 6.77. The Labute approximate surface area is 151 Å². The van der Waals surface area contributed by atoms with Crippen LogP contribution in [0.3, 0.4) is 0 Å². The van der Waals surface area contributed by atoms with Gasteiger partial charge in [-0.25, -0.2) is 0 Å². The molecular formula is C21H30N2O2. The molecule has 2 N–H and O–H groups in total. The number of hydrogen-bond acceptors (Lipinski definition) is 2. The Hall–Kier alpha value is -2.10. The number of allylic oxidation sites excluding steroid dienone is 2. The van der Waals surface area contributed by atoms with Crippen LogP contribution >= 0.6 is 0 Å². The third-order valence-corrected chi connectivity index (χ3v) is 4.83. The molecule has 25 heavy (non-hydrogen) atoms. The minimum absolute atomic E-state index is 0.101. The van der Waals surface area contributed by atoms with Crippen molar-refractivity contribution < 1.29 is 9.59 Å². The Morgan fingerprint density at radius 2 is 1.24 bits per heavy atom. The van der Waals surface area contributed by atoms with E-state index < -0.39 is 0 Å². The summed E-state index contributed by atoms with van der Waals surface area (Å²) in [6.07, 6.45) is 13.5. The van der Waals surface area contributed by atoms with Gasteiger partial charge in [0.2, 0.25) is 0 Å². The average Bonchev–Trinajstić information content (AvgIpc) is 2.67. The Balaban J connectivity index is 1.62. The van der Waals surface area contributed by atoms with Gasteiger partial charge in [-0.2, -0.15) is 0 Å². The van der Waals surface area contributed by atoms with Gasteiger partial charge in [0.05, 0.1) is 0 Å². The smallest absolute Gasteiger partial charge is 0.250 e. The van der Waals surface area contributed by atoms with Gasteiger partial charge in [-0.15, -0.1) is 0 Å². The normalized spacial score (nSPS) is 17.1. The van der Waals surface area contributed by atoms with Crippen LogP contribution in [0.15, 0.2) is 47.6 Å². The minimum atomic E-state index is -0.101. The zero-order chi connectivity index (χ0) is 18.1. The van der Waals surface area contributed by atoms with Gasteiger partial charge in [-0.1, -0.05) is 25.3 Å². The van der Waals surface area contributed by atoms with Gasteiger partial charge >= 0.3 is 0 Å². The number of nitrogens with one attached hydrogen (secondary N) is 2. The number of amides is 2. The maximum Gasteiger partial charge on any atom is 0.250 e. The molecule has 0 bridgehead atoms. The standard InChI is InChI=1S/C21H30N2O2/c1-16(18-10-5-3-6-11-18)20(24)22-14-9-15-23-21(25)17(2)19-12-7-4-8-13-19/h10,12H,1-9,11,13-15H2,(H,22,24)(H,23,25). The van der Waals surface area contributed by atoms with Crippen molar-refractivity contribution >= 4 is 11.8 Å². The van der Waals surface area contributed by atoms with Crippen LogP contribution in [-0.4, -0.2) is 24.9 Å². The fraction of sp³-hybridized carbons (Fsp3) is 0.524. The van der Waals surface area contributed by atoms with Gasteiger partial charge in [0.1, 0.15) is 0 Å². The van der Waals surface area contributed by atoms with Gasteiger partial charge in [0, 0.05) is 24.2 Å². The van der Waals surface area contributed by atoms with Gasteiger partial charge in [0.15, 0.2) is 0 Å². The van der Waals surface area contributed by atoms with E-state index >= 15 is 0 Å². The molecular weight excluding hydrogens is 312 g/mol. The van der Waals surface area contributed by atoms with Crippen LogP contribution in [0.25, 0.3) is 0 Å². The van der Waals surface area contributed by atoms with Gasteiger partial charge < -0.3 is 10.6 Å². The molecule has 0 saturated carbocycles. The summed E-state index contributed by atoms with van der Waals surface area (Å²) in [5.41, 5.74) is 3.32. The van der Waals surface area contributed by atoms with Gasteiger partial charge in [-0.3, -0.25) is 9.59 Å². The number of carbonyl (C=O) groups excluding carboxylic acids is 2. The fourth-order valence-electron chi connectivity index (χ4n) is 3.22. The summed E-state index contributed by atoms with van der Waals surface area (Å²) in [7, 11) is 0. The molecule has 2 aliphatic carbocycles. The highest BCUT2D eigenvalue weighted by molar-refractivity contribution is 5.97. The zero-order valence-electron chi connectivity index (χ0n) is 15.2. The van der Waals surface area contributed by atoms with Gasteiger partial charge in [0.25, 0.3) is 11.8 Å². The maximum absolute atomic E-state index is 12.1. The highest BCUT2D eigenvalue weighted by Crippen LogP contribution is 2.23. The van der Waals surface area contributed by atoms with E-state index in [1.54, 1.807) is 0 Å². The highest BCUT2D eigenvalue weighted by atomic mass is 16.2. The Kier molecular flexibility index (Phi) is 7.71. The molecule has 0 heterocycles. The Bertz CT molecular complexity index is 547. The van der Waals surface area contributed by atoms with E-state index in [0.717, 1.165) is 49.7 Å². The molecule has 0 aromatic heterocycles. The lowest BCUT2D eigenvalue weighted by atomic mass is 9.94. The van der Waals surface area contributed by atoms with Crippen molar-refractivity contribution in [3.05, 3.63) is 47.6 Å². The number of hydrogen-bond donors (Lipinski definition) is 2. The van der Waals surface area contributed by atoms with Gasteiger partial charge in [-0.05, 0) is 68.9 Å². The molecule has 0 fully saturated rings. The predicted octanol–water partition coefficient (Wildman–Crippen LogP) is 3.72. The van der Waals surface area contributed by atoms with E-state index in [1.807, 2.05) is 0 Å². The molecule has 136 valence electrons. The first-order valence-electron chi connectivity index (χ1n) is 9.42. The lowest BCUT2D eigenvalue weighted by molar-refractivity contribution is -0.117.